The zero-order valence-electron chi connectivity index (χ0n) is 37.7. The molecule has 10 aromatic rings. The molecule has 0 bridgehead atoms. The average molecular weight is 873 g/mol. The van der Waals surface area contributed by atoms with Crippen LogP contribution >= 0.6 is 11.3 Å². The van der Waals surface area contributed by atoms with E-state index in [0.717, 1.165) is 5.69 Å². The minimum Gasteiger partial charge on any atom is -0.311 e. The van der Waals surface area contributed by atoms with Crippen LogP contribution < -0.4 is 25.5 Å². The lowest BCUT2D eigenvalue weighted by molar-refractivity contribution is 0.811. The number of thiophene rings is 1. The van der Waals surface area contributed by atoms with Crippen molar-refractivity contribution in [2.24, 2.45) is 0 Å². The van der Waals surface area contributed by atoms with E-state index in [-0.39, 0.29) is 6.71 Å². The Hall–Kier alpha value is -7.66. The van der Waals surface area contributed by atoms with Gasteiger partial charge >= 0.3 is 0 Å². The summed E-state index contributed by atoms with van der Waals surface area (Å²) in [5, 5.41) is 0. The molecule has 1 aromatic heterocycles. The minimum absolute atomic E-state index is 0.00537. The molecule has 9 aromatic carbocycles. The van der Waals surface area contributed by atoms with Gasteiger partial charge in [-0.2, -0.15) is 0 Å². The highest BCUT2D eigenvalue weighted by molar-refractivity contribution is 7.30. The quantitative estimate of drug-likeness (QED) is 0.159. The van der Waals surface area contributed by atoms with E-state index in [0.29, 0.717) is 5.92 Å². The van der Waals surface area contributed by atoms with Crippen LogP contribution in [0.2, 0.25) is 0 Å². The molecule has 1 spiro atoms. The Kier molecular flexibility index (Phi) is 8.31. The Labute approximate surface area is 397 Å². The second-order valence-electron chi connectivity index (χ2n) is 19.0. The van der Waals surface area contributed by atoms with Crippen molar-refractivity contribution >= 4 is 67.9 Å². The molecule has 316 valence electrons. The topological polar surface area (TPSA) is 6.48 Å². The van der Waals surface area contributed by atoms with Crippen molar-refractivity contribution in [1.82, 2.24) is 0 Å². The second-order valence-corrected chi connectivity index (χ2v) is 20.0. The molecule has 0 amide bonds. The monoisotopic (exact) mass is 872 g/mol. The van der Waals surface area contributed by atoms with Crippen molar-refractivity contribution < 1.29 is 0 Å². The van der Waals surface area contributed by atoms with Crippen molar-refractivity contribution in [2.45, 2.75) is 32.1 Å². The number of rotatable bonds is 5. The first-order chi connectivity index (χ1) is 33.0. The molecule has 0 saturated heterocycles. The summed E-state index contributed by atoms with van der Waals surface area (Å²) in [6.45, 7) is 6.77. The van der Waals surface area contributed by atoms with Gasteiger partial charge in [0.05, 0.1) is 11.1 Å². The molecule has 0 saturated carbocycles. The number of nitrogens with zero attached hydrogens (tertiary/aromatic N) is 2. The molecule has 4 aliphatic rings. The fraction of sp³-hybridized carbons (Fsp3) is 0.0794. The summed E-state index contributed by atoms with van der Waals surface area (Å²) in [5.41, 5.74) is 26.6. The number of aryl methyl sites for hydroxylation is 1. The highest BCUT2D eigenvalue weighted by Crippen LogP contribution is 2.66. The summed E-state index contributed by atoms with van der Waals surface area (Å²) in [6.07, 6.45) is 0. The fourth-order valence-corrected chi connectivity index (χ4v) is 13.9. The molecule has 4 heteroatoms. The van der Waals surface area contributed by atoms with Crippen LogP contribution in [-0.4, -0.2) is 6.71 Å². The van der Waals surface area contributed by atoms with Gasteiger partial charge in [0.2, 0.25) is 0 Å². The Morgan fingerprint density at radius 2 is 1.06 bits per heavy atom. The minimum atomic E-state index is -0.441. The Morgan fingerprint density at radius 3 is 1.75 bits per heavy atom. The van der Waals surface area contributed by atoms with Crippen LogP contribution in [0.3, 0.4) is 0 Å². The lowest BCUT2D eigenvalue weighted by Crippen LogP contribution is -2.60. The molecule has 0 fully saturated rings. The molecule has 0 unspecified atom stereocenters. The van der Waals surface area contributed by atoms with Crippen molar-refractivity contribution in [1.29, 1.82) is 0 Å². The predicted molar refractivity (Wildman–Crippen MR) is 284 cm³/mol. The molecular weight excluding hydrogens is 828 g/mol. The molecule has 2 aliphatic heterocycles. The number of hydrogen-bond acceptors (Lipinski definition) is 3. The van der Waals surface area contributed by atoms with E-state index >= 15 is 0 Å². The van der Waals surface area contributed by atoms with Crippen LogP contribution in [0.25, 0.3) is 44.5 Å². The van der Waals surface area contributed by atoms with Crippen LogP contribution in [0.1, 0.15) is 52.5 Å². The largest absolute Gasteiger partial charge is 0.311 e. The van der Waals surface area contributed by atoms with E-state index in [1.165, 1.54) is 121 Å². The number of hydrogen-bond donors (Lipinski definition) is 0. The van der Waals surface area contributed by atoms with Gasteiger partial charge in [0, 0.05) is 43.7 Å². The number of anilines is 6. The standard InChI is InChI=1S/C63H45BN2S/c1-39(2)42-31-35-46(41-17-6-4-7-18-41)50(37-42)43-32-36-54-57(38-43)65(45-33-29-40(3)30-34-45)55-27-16-28-56-59(55)64(54)62-60(66(56)44-19-8-5-9-20-44)58-49-23-12-15-26-53(49)63(61(58)67-62)51-24-13-10-21-47(51)48-22-11-14-25-52(48)63/h4-39H,1-3H3. The summed E-state index contributed by atoms with van der Waals surface area (Å²) >= 11 is 2.05. The van der Waals surface area contributed by atoms with E-state index in [9.17, 15) is 0 Å². The maximum absolute atomic E-state index is 2.61. The average Bonchev–Trinajstić information content (AvgIpc) is 4.01. The zero-order valence-corrected chi connectivity index (χ0v) is 38.5. The van der Waals surface area contributed by atoms with E-state index < -0.39 is 5.41 Å². The molecule has 3 heterocycles. The third kappa shape index (κ3) is 5.28. The van der Waals surface area contributed by atoms with Gasteiger partial charge in [0.25, 0.3) is 6.71 Å². The van der Waals surface area contributed by atoms with Crippen LogP contribution in [-0.2, 0) is 5.41 Å². The summed E-state index contributed by atoms with van der Waals surface area (Å²) in [7, 11) is 0. The summed E-state index contributed by atoms with van der Waals surface area (Å²) < 4.78 is 1.40. The van der Waals surface area contributed by atoms with Crippen LogP contribution in [0.4, 0.5) is 34.1 Å². The molecule has 2 nitrogen and oxygen atoms in total. The third-order valence-corrected chi connectivity index (χ3v) is 16.5. The highest BCUT2D eigenvalue weighted by atomic mass is 32.1. The Morgan fingerprint density at radius 1 is 0.463 bits per heavy atom. The van der Waals surface area contributed by atoms with Crippen LogP contribution in [0.15, 0.2) is 212 Å². The van der Waals surface area contributed by atoms with E-state index in [1.807, 2.05) is 11.3 Å². The van der Waals surface area contributed by atoms with Gasteiger partial charge in [-0.05, 0) is 127 Å². The maximum atomic E-state index is 2.61. The normalized spacial score (nSPS) is 14.1. The van der Waals surface area contributed by atoms with Gasteiger partial charge in [0.1, 0.15) is 0 Å². The van der Waals surface area contributed by atoms with Gasteiger partial charge in [-0.15, -0.1) is 11.3 Å². The third-order valence-electron chi connectivity index (χ3n) is 15.1. The van der Waals surface area contributed by atoms with E-state index in [1.54, 1.807) is 0 Å². The molecule has 0 atom stereocenters. The van der Waals surface area contributed by atoms with Crippen molar-refractivity contribution in [3.8, 4) is 44.5 Å². The van der Waals surface area contributed by atoms with Gasteiger partial charge in [-0.1, -0.05) is 189 Å². The van der Waals surface area contributed by atoms with Crippen molar-refractivity contribution in [3.05, 3.63) is 245 Å². The van der Waals surface area contributed by atoms with E-state index in [4.69, 9.17) is 0 Å². The number of para-hydroxylation sites is 1. The predicted octanol–water partition coefficient (Wildman–Crippen LogP) is 14.9. The Balaban J connectivity index is 1.09. The lowest BCUT2D eigenvalue weighted by atomic mass is 9.36. The first-order valence-corrected chi connectivity index (χ1v) is 24.5. The summed E-state index contributed by atoms with van der Waals surface area (Å²) in [6, 6.07) is 80.3. The highest BCUT2D eigenvalue weighted by Gasteiger charge is 2.56. The van der Waals surface area contributed by atoms with Gasteiger partial charge in [-0.25, -0.2) is 0 Å². The molecule has 0 radical (unpaired) electrons. The van der Waals surface area contributed by atoms with Crippen molar-refractivity contribution in [2.75, 3.05) is 9.80 Å². The van der Waals surface area contributed by atoms with Crippen molar-refractivity contribution in [3.63, 3.8) is 0 Å². The van der Waals surface area contributed by atoms with Crippen LogP contribution in [0.5, 0.6) is 0 Å². The lowest BCUT2D eigenvalue weighted by Gasteiger charge is -2.43. The molecule has 67 heavy (non-hydrogen) atoms. The van der Waals surface area contributed by atoms with Gasteiger partial charge < -0.3 is 9.80 Å². The first-order valence-electron chi connectivity index (χ1n) is 23.7. The van der Waals surface area contributed by atoms with E-state index in [2.05, 4.69) is 243 Å². The smallest absolute Gasteiger partial charge is 0.264 e. The fourth-order valence-electron chi connectivity index (χ4n) is 12.2. The van der Waals surface area contributed by atoms with Crippen LogP contribution in [0, 0.1) is 6.92 Å². The summed E-state index contributed by atoms with van der Waals surface area (Å²) in [5.74, 6) is 0.400. The molecular formula is C63H45BN2S. The zero-order chi connectivity index (χ0) is 44.5. The van der Waals surface area contributed by atoms with Gasteiger partial charge in [-0.3, -0.25) is 0 Å². The summed E-state index contributed by atoms with van der Waals surface area (Å²) in [4.78, 5) is 6.58. The second kappa shape index (κ2) is 14.4. The SMILES string of the molecule is Cc1ccc(N2c3cc(-c4cc(C(C)C)ccc4-c4ccccc4)ccc3B3c4sc5c(c4N(c4ccccc4)c4cccc2c43)-c2ccccc2C52c3ccccc3-c3ccccc32)cc1. The molecule has 0 N–H and O–H groups in total. The number of benzene rings is 9. The Bertz CT molecular complexity index is 3600. The first kappa shape index (κ1) is 38.6. The van der Waals surface area contributed by atoms with Gasteiger partial charge in [0.15, 0.2) is 0 Å². The molecule has 2 aliphatic carbocycles. The maximum Gasteiger partial charge on any atom is 0.264 e. The number of fused-ring (bicyclic) bond motifs is 15. The molecule has 14 rings (SSSR count).